The third kappa shape index (κ3) is 3.43. The maximum atomic E-state index is 10.1. The van der Waals surface area contributed by atoms with Crippen molar-refractivity contribution in [2.45, 2.75) is 6.92 Å². The van der Waals surface area contributed by atoms with E-state index in [2.05, 4.69) is 36.9 Å². The standard InChI is InChI=1S/C21H15Br2N3O2/c1-12-3-2-8-26-11-17(25-21(12)26)13-4-6-15(7-5-13)24-10-14-9-16(22)20(28)18(23)19(14)27/h2-11,27-28H,1H3. The predicted octanol–water partition coefficient (Wildman–Crippen LogP) is 6.00. The van der Waals surface area contributed by atoms with Crippen LogP contribution in [-0.4, -0.2) is 25.8 Å². The van der Waals surface area contributed by atoms with E-state index in [0.29, 0.717) is 10.0 Å². The fourth-order valence-corrected chi connectivity index (χ4v) is 4.02. The van der Waals surface area contributed by atoms with E-state index in [1.54, 1.807) is 12.3 Å². The highest BCUT2D eigenvalue weighted by Gasteiger charge is 2.12. The molecule has 5 nitrogen and oxygen atoms in total. The first-order chi connectivity index (χ1) is 13.4. The van der Waals surface area contributed by atoms with Gasteiger partial charge in [0.2, 0.25) is 0 Å². The Kier molecular flexibility index (Phi) is 4.95. The summed E-state index contributed by atoms with van der Waals surface area (Å²) in [5.74, 6) is -0.122. The minimum absolute atomic E-state index is 0.0540. The van der Waals surface area contributed by atoms with Crippen LogP contribution in [0, 0.1) is 6.92 Å². The summed E-state index contributed by atoms with van der Waals surface area (Å²) in [7, 11) is 0. The molecular weight excluding hydrogens is 486 g/mol. The van der Waals surface area contributed by atoms with Gasteiger partial charge in [0.25, 0.3) is 0 Å². The number of benzene rings is 2. The average Bonchev–Trinajstić information content (AvgIpc) is 3.14. The van der Waals surface area contributed by atoms with E-state index in [1.165, 1.54) is 0 Å². The Bertz CT molecular complexity index is 1210. The normalized spacial score (nSPS) is 11.5. The van der Waals surface area contributed by atoms with E-state index >= 15 is 0 Å². The van der Waals surface area contributed by atoms with Gasteiger partial charge in [-0.1, -0.05) is 18.2 Å². The number of phenolic OH excluding ortho intramolecular Hbond substituents is 2. The number of aromatic nitrogens is 2. The van der Waals surface area contributed by atoms with Crippen LogP contribution in [0.15, 0.2) is 68.8 Å². The zero-order valence-electron chi connectivity index (χ0n) is 14.8. The zero-order chi connectivity index (χ0) is 19.8. The fourth-order valence-electron chi connectivity index (χ4n) is 2.87. The molecule has 28 heavy (non-hydrogen) atoms. The van der Waals surface area contributed by atoms with Gasteiger partial charge in [0.1, 0.15) is 21.6 Å². The Morgan fingerprint density at radius 3 is 2.54 bits per heavy atom. The molecule has 4 rings (SSSR count). The van der Waals surface area contributed by atoms with Crippen LogP contribution < -0.4 is 0 Å². The molecule has 2 aromatic carbocycles. The van der Waals surface area contributed by atoms with E-state index in [4.69, 9.17) is 4.98 Å². The summed E-state index contributed by atoms with van der Waals surface area (Å²) in [5, 5.41) is 19.9. The minimum Gasteiger partial charge on any atom is -0.506 e. The number of pyridine rings is 1. The van der Waals surface area contributed by atoms with Gasteiger partial charge in [-0.25, -0.2) is 4.98 Å². The average molecular weight is 501 g/mol. The molecule has 0 unspecified atom stereocenters. The molecule has 0 aliphatic heterocycles. The van der Waals surface area contributed by atoms with Crippen molar-refractivity contribution in [2.24, 2.45) is 4.99 Å². The summed E-state index contributed by atoms with van der Waals surface area (Å²) in [4.78, 5) is 9.11. The summed E-state index contributed by atoms with van der Waals surface area (Å²) >= 11 is 6.41. The van der Waals surface area contributed by atoms with Crippen LogP contribution in [0.3, 0.4) is 0 Å². The largest absolute Gasteiger partial charge is 0.506 e. The third-order valence-electron chi connectivity index (χ3n) is 4.39. The van der Waals surface area contributed by atoms with Crippen molar-refractivity contribution >= 4 is 49.4 Å². The molecule has 0 amide bonds. The number of imidazole rings is 1. The quantitative estimate of drug-likeness (QED) is 0.339. The van der Waals surface area contributed by atoms with Gasteiger partial charge in [-0.2, -0.15) is 0 Å². The Morgan fingerprint density at radius 1 is 1.07 bits per heavy atom. The van der Waals surface area contributed by atoms with Crippen molar-refractivity contribution in [1.82, 2.24) is 9.38 Å². The molecule has 0 spiro atoms. The number of phenols is 2. The van der Waals surface area contributed by atoms with Gasteiger partial charge in [-0.05, 0) is 68.6 Å². The third-order valence-corrected chi connectivity index (χ3v) is 5.75. The van der Waals surface area contributed by atoms with Gasteiger partial charge in [-0.15, -0.1) is 0 Å². The minimum atomic E-state index is -0.0684. The SMILES string of the molecule is Cc1cccn2cc(-c3ccc(N=Cc4cc(Br)c(O)c(Br)c4O)cc3)nc12. The van der Waals surface area contributed by atoms with E-state index < -0.39 is 0 Å². The first-order valence-corrected chi connectivity index (χ1v) is 10.0. The number of fused-ring (bicyclic) bond motifs is 1. The van der Waals surface area contributed by atoms with Crippen LogP contribution in [0.25, 0.3) is 16.9 Å². The molecule has 2 aromatic heterocycles. The van der Waals surface area contributed by atoms with Crippen LogP contribution >= 0.6 is 31.9 Å². The molecule has 2 heterocycles. The predicted molar refractivity (Wildman–Crippen MR) is 118 cm³/mol. The maximum absolute atomic E-state index is 10.1. The highest BCUT2D eigenvalue weighted by Crippen LogP contribution is 2.40. The number of hydrogen-bond acceptors (Lipinski definition) is 4. The van der Waals surface area contributed by atoms with Crippen LogP contribution in [0.1, 0.15) is 11.1 Å². The van der Waals surface area contributed by atoms with Gasteiger partial charge in [0, 0.05) is 29.7 Å². The van der Waals surface area contributed by atoms with Gasteiger partial charge in [0.05, 0.1) is 15.9 Å². The van der Waals surface area contributed by atoms with Crippen molar-refractivity contribution in [3.63, 3.8) is 0 Å². The second-order valence-electron chi connectivity index (χ2n) is 6.31. The first kappa shape index (κ1) is 18.7. The Morgan fingerprint density at radius 2 is 1.82 bits per heavy atom. The molecule has 0 fully saturated rings. The molecule has 0 aliphatic rings. The van der Waals surface area contributed by atoms with Crippen LogP contribution in [0.4, 0.5) is 5.69 Å². The lowest BCUT2D eigenvalue weighted by Crippen LogP contribution is -1.86. The van der Waals surface area contributed by atoms with Crippen LogP contribution in [-0.2, 0) is 0 Å². The molecule has 0 saturated carbocycles. The molecular formula is C21H15Br2N3O2. The number of aliphatic imine (C=N–C) groups is 1. The lowest BCUT2D eigenvalue weighted by atomic mass is 10.1. The number of hydrogen-bond donors (Lipinski definition) is 2. The summed E-state index contributed by atoms with van der Waals surface area (Å²) in [6, 6.07) is 13.4. The molecule has 2 N–H and O–H groups in total. The van der Waals surface area contributed by atoms with Gasteiger partial charge >= 0.3 is 0 Å². The molecule has 4 aromatic rings. The van der Waals surface area contributed by atoms with Crippen molar-refractivity contribution in [3.8, 4) is 22.8 Å². The lowest BCUT2D eigenvalue weighted by molar-refractivity contribution is 0.442. The van der Waals surface area contributed by atoms with Crippen LogP contribution in [0.5, 0.6) is 11.5 Å². The highest BCUT2D eigenvalue weighted by atomic mass is 79.9. The van der Waals surface area contributed by atoms with Gasteiger partial charge in [0.15, 0.2) is 0 Å². The number of nitrogens with zero attached hydrogens (tertiary/aromatic N) is 3. The van der Waals surface area contributed by atoms with Crippen molar-refractivity contribution in [3.05, 3.63) is 74.9 Å². The molecule has 0 aliphatic carbocycles. The summed E-state index contributed by atoms with van der Waals surface area (Å²) in [6.45, 7) is 2.04. The maximum Gasteiger partial charge on any atom is 0.147 e. The van der Waals surface area contributed by atoms with Crippen molar-refractivity contribution < 1.29 is 10.2 Å². The summed E-state index contributed by atoms with van der Waals surface area (Å²) in [5.41, 5.74) is 5.19. The van der Waals surface area contributed by atoms with Gasteiger partial charge in [-0.3, -0.25) is 4.99 Å². The fraction of sp³-hybridized carbons (Fsp3) is 0.0476. The Hall–Kier alpha value is -2.64. The van der Waals surface area contributed by atoms with Crippen LogP contribution in [0.2, 0.25) is 0 Å². The number of aromatic hydroxyl groups is 2. The summed E-state index contributed by atoms with van der Waals surface area (Å²) < 4.78 is 2.71. The highest BCUT2D eigenvalue weighted by molar-refractivity contribution is 9.11. The van der Waals surface area contributed by atoms with E-state index in [0.717, 1.165) is 28.2 Å². The second-order valence-corrected chi connectivity index (χ2v) is 7.96. The number of rotatable bonds is 3. The van der Waals surface area contributed by atoms with Crippen molar-refractivity contribution in [2.75, 3.05) is 0 Å². The monoisotopic (exact) mass is 499 g/mol. The Labute approximate surface area is 178 Å². The molecule has 0 bridgehead atoms. The van der Waals surface area contributed by atoms with Crippen molar-refractivity contribution in [1.29, 1.82) is 0 Å². The smallest absolute Gasteiger partial charge is 0.147 e. The Balaban J connectivity index is 1.61. The van der Waals surface area contributed by atoms with Gasteiger partial charge < -0.3 is 14.6 Å². The molecule has 0 radical (unpaired) electrons. The molecule has 0 atom stereocenters. The summed E-state index contributed by atoms with van der Waals surface area (Å²) in [6.07, 6.45) is 5.54. The van der Waals surface area contributed by atoms with E-state index in [1.807, 2.05) is 60.1 Å². The number of aryl methyl sites for hydroxylation is 1. The number of halogens is 2. The zero-order valence-corrected chi connectivity index (χ0v) is 17.9. The first-order valence-electron chi connectivity index (χ1n) is 8.43. The molecule has 7 heteroatoms. The molecule has 140 valence electrons. The topological polar surface area (TPSA) is 70.1 Å². The van der Waals surface area contributed by atoms with E-state index in [9.17, 15) is 10.2 Å². The second kappa shape index (κ2) is 7.41. The lowest BCUT2D eigenvalue weighted by Gasteiger charge is -2.06. The van der Waals surface area contributed by atoms with E-state index in [-0.39, 0.29) is 16.0 Å². The molecule has 0 saturated heterocycles.